The van der Waals surface area contributed by atoms with Gasteiger partial charge in [-0.3, -0.25) is 0 Å². The van der Waals surface area contributed by atoms with Crippen LogP contribution in [0.5, 0.6) is 46.0 Å². The predicted molar refractivity (Wildman–Crippen MR) is 497 cm³/mol. The molecule has 16 atom stereocenters. The Morgan fingerprint density at radius 1 is 0.339 bits per heavy atom. The van der Waals surface area contributed by atoms with E-state index in [-0.39, 0.29) is 5.04 Å². The van der Waals surface area contributed by atoms with E-state index in [0.29, 0.717) is 132 Å². The maximum absolute atomic E-state index is 11.2. The van der Waals surface area contributed by atoms with Gasteiger partial charge in [-0.15, -0.1) is 0 Å². The maximum atomic E-state index is 11.2. The Morgan fingerprint density at radius 3 is 0.924 bits per heavy atom. The summed E-state index contributed by atoms with van der Waals surface area (Å²) in [5, 5.41) is 22.2. The van der Waals surface area contributed by atoms with Crippen molar-refractivity contribution in [2.24, 2.45) is 23.7 Å². The van der Waals surface area contributed by atoms with Gasteiger partial charge >= 0.3 is 0 Å². The molecule has 8 nitrogen and oxygen atoms in total. The zero-order chi connectivity index (χ0) is 85.4. The number of hydrogen-bond acceptors (Lipinski definition) is 8. The van der Waals surface area contributed by atoms with Crippen LogP contribution in [0.1, 0.15) is 385 Å². The summed E-state index contributed by atoms with van der Waals surface area (Å²) in [7, 11) is 1.39. The van der Waals surface area contributed by atoms with Gasteiger partial charge in [0.1, 0.15) is 25.6 Å². The van der Waals surface area contributed by atoms with Gasteiger partial charge in [-0.2, -0.15) is 0 Å². The highest BCUT2D eigenvalue weighted by atomic mass is 28.4. The van der Waals surface area contributed by atoms with Crippen molar-refractivity contribution in [1.82, 2.24) is 0 Å². The lowest BCUT2D eigenvalue weighted by Gasteiger charge is -2.45. The molecule has 0 fully saturated rings. The van der Waals surface area contributed by atoms with Gasteiger partial charge in [-0.05, 0) is 333 Å². The fourth-order valence-corrected chi connectivity index (χ4v) is 23.8. The molecule has 0 bridgehead atoms. The van der Waals surface area contributed by atoms with Crippen molar-refractivity contribution in [3.63, 3.8) is 0 Å². The van der Waals surface area contributed by atoms with Gasteiger partial charge in [-0.25, -0.2) is 0 Å². The molecule has 0 unspecified atom stereocenters. The predicted octanol–water partition coefficient (Wildman–Crippen LogP) is 30.8. The van der Waals surface area contributed by atoms with Crippen molar-refractivity contribution >= 4 is 8.32 Å². The monoisotopic (exact) mass is 1610 g/mol. The summed E-state index contributed by atoms with van der Waals surface area (Å²) in [6, 6.07) is 31.3. The van der Waals surface area contributed by atoms with E-state index in [0.717, 1.165) is 57.4 Å². The highest BCUT2D eigenvalue weighted by Gasteiger charge is 2.48. The summed E-state index contributed by atoms with van der Waals surface area (Å²) in [5.41, 5.74) is 31.0. The average molecular weight is 1610 g/mol. The van der Waals surface area contributed by atoms with Gasteiger partial charge in [0.15, 0.2) is 40.2 Å². The van der Waals surface area contributed by atoms with E-state index >= 15 is 0 Å². The number of hydrogen-bond donors (Lipinski definition) is 2. The van der Waals surface area contributed by atoms with E-state index in [1.54, 1.807) is 30.9 Å². The zero-order valence-electron chi connectivity index (χ0n) is 77.7. The van der Waals surface area contributed by atoms with Gasteiger partial charge < -0.3 is 38.3 Å². The molecule has 15 rings (SSSR count). The van der Waals surface area contributed by atoms with Crippen LogP contribution in [0.25, 0.3) is 0 Å². The maximum Gasteiger partial charge on any atom is 0.250 e. The van der Waals surface area contributed by atoms with Crippen LogP contribution in [-0.4, -0.2) is 32.8 Å². The lowest BCUT2D eigenvalue weighted by Crippen LogP contribution is -2.44. The third-order valence-electron chi connectivity index (χ3n) is 29.4. The van der Waals surface area contributed by atoms with Crippen LogP contribution in [0.4, 0.5) is 0 Å². The second-order valence-electron chi connectivity index (χ2n) is 40.3. The molecule has 7 aromatic carbocycles. The van der Waals surface area contributed by atoms with E-state index in [1.807, 2.05) is 24.3 Å². The van der Waals surface area contributed by atoms with Gasteiger partial charge in [0.2, 0.25) is 0 Å². The van der Waals surface area contributed by atoms with Crippen molar-refractivity contribution in [2.75, 3.05) is 14.2 Å². The summed E-state index contributed by atoms with van der Waals surface area (Å²) in [5.74, 6) is 14.8. The molecule has 0 amide bonds. The molecule has 8 aliphatic rings. The van der Waals surface area contributed by atoms with Gasteiger partial charge in [-0.1, -0.05) is 214 Å². The van der Waals surface area contributed by atoms with Crippen molar-refractivity contribution < 1.29 is 38.3 Å². The van der Waals surface area contributed by atoms with Gasteiger partial charge in [0.05, 0.1) is 14.2 Å². The lowest BCUT2D eigenvalue weighted by atomic mass is 9.62. The summed E-state index contributed by atoms with van der Waals surface area (Å²) in [6.07, 6.45) is 24.4. The Labute approximate surface area is 714 Å². The lowest BCUT2D eigenvalue weighted by molar-refractivity contribution is 0.266. The summed E-state index contributed by atoms with van der Waals surface area (Å²) in [4.78, 5) is 0. The second-order valence-corrected chi connectivity index (χ2v) is 45.0. The Hall–Kier alpha value is -7.88. The fourth-order valence-electron chi connectivity index (χ4n) is 22.8. The number of ether oxygens (including phenoxy) is 5. The molecule has 0 radical (unpaired) electrons. The van der Waals surface area contributed by atoms with Crippen LogP contribution in [0.15, 0.2) is 138 Å². The number of phenolic OH excluding ortho intramolecular Hbond substituents is 2. The van der Waals surface area contributed by atoms with Crippen LogP contribution < -0.4 is 28.1 Å². The minimum absolute atomic E-state index is 0.116. The second kappa shape index (κ2) is 37.2. The van der Waals surface area contributed by atoms with E-state index < -0.39 is 8.32 Å². The Balaban J connectivity index is 0.000000146. The molecule has 9 heteroatoms. The molecule has 0 aliphatic heterocycles. The van der Waals surface area contributed by atoms with E-state index in [2.05, 4.69) is 263 Å². The first-order valence-electron chi connectivity index (χ1n) is 45.5. The average Bonchev–Trinajstić information content (AvgIpc) is 0.744. The Morgan fingerprint density at radius 2 is 0.610 bits per heavy atom. The number of allylic oxidation sites excluding steroid dienone is 8. The Bertz CT molecular complexity index is 4840. The molecule has 0 saturated carbocycles. The highest BCUT2D eigenvalue weighted by Crippen LogP contribution is 2.64. The van der Waals surface area contributed by atoms with Crippen molar-refractivity contribution in [3.8, 4) is 46.0 Å². The van der Waals surface area contributed by atoms with Gasteiger partial charge in [0.25, 0.3) is 8.32 Å². The molecule has 7 aromatic rings. The van der Waals surface area contributed by atoms with E-state index in [9.17, 15) is 10.2 Å². The topological polar surface area (TPSA) is 95.8 Å². The molecular formula is C109H148O8Si. The minimum atomic E-state index is -2.08. The standard InChI is InChI=1S/C33H48O2Si.C28H36O2.C27H34O2.C21H30O2/c1-21(2)18-26-19-23(4)27-17-16-22(3)28-30(27)29(26)24(5)31(35-36(9,10)33(6,7)8)32(28)34-20-25-14-12-11-13-15-25;1-17(2)14-22-15-19(4)23-13-12-18(3)24-26(23)25(22)20(5)27(29-6)28(24)30-16-21-10-8-7-9-11-21;1-16(2)13-21-14-18(4)22-12-11-17(3)23-25(22)24(21)19(5)26(28)27(23)29-15-20-9-7-6-8-10-20;1-11(2)9-15-10-13(4)16-8-7-12(3)17-19(16)18(15)14(5)21(23-6)20(17)22/h11-15,18,22-23,26-27H,16-17,19-20H2,1-10H3;7-11,14,18-19,22-23H,12-13,15-16H2,1-6H3;6-10,13,17-18,21-22,28H,11-12,14-15H2,1-5H3;9,12-13,15-16,22H,7-8,10H2,1-6H3/t22-,23-,26+,27+;18-,19-,22+,23+;17-,18-,21+,22+;12-,13-,15+,16+/m0000/s1. The number of aromatic hydroxyl groups is 2. The third-order valence-corrected chi connectivity index (χ3v) is 33.7. The molecule has 118 heavy (non-hydrogen) atoms. The van der Waals surface area contributed by atoms with Crippen LogP contribution in [-0.2, 0) is 19.8 Å². The normalized spacial score (nSPS) is 25.3. The number of methoxy groups -OCH3 is 2. The largest absolute Gasteiger partial charge is 0.541 e. The number of benzene rings is 7. The van der Waals surface area contributed by atoms with Gasteiger partial charge in [0, 0.05) is 45.9 Å². The number of phenols is 2. The van der Waals surface area contributed by atoms with E-state index in [4.69, 9.17) is 28.1 Å². The first-order chi connectivity index (χ1) is 56.0. The smallest absolute Gasteiger partial charge is 0.250 e. The molecule has 0 heterocycles. The van der Waals surface area contributed by atoms with Crippen LogP contribution in [0.3, 0.4) is 0 Å². The Kier molecular flexibility index (Phi) is 28.2. The summed E-state index contributed by atoms with van der Waals surface area (Å²) >= 11 is 0. The first kappa shape index (κ1) is 89.4. The molecule has 0 spiro atoms. The molecular weight excluding hydrogens is 1470 g/mol. The van der Waals surface area contributed by atoms with Crippen molar-refractivity contribution in [2.45, 2.75) is 345 Å². The van der Waals surface area contributed by atoms with E-state index in [1.165, 1.54) is 160 Å². The molecule has 636 valence electrons. The minimum Gasteiger partial charge on any atom is -0.541 e. The SMILES string of the molecule is CC(C)=C[C@@H]1C[C@H](C)[C@H]2CC[C@H](C)c3c(OCc4ccccc4)c(O)c(C)c1c32.CC(C)=C[C@@H]1C[C@H](C)[C@H]2CC[C@H](C)c3c(OCc4ccccc4)c(O[Si](C)(C)C(C)(C)C)c(C)c1c32.COc1c(C)c2c3c(c1O)[C@@H](C)CC[C@@H]3[C@@H](C)C[C@H]2C=C(C)C.COc1c(C)c2c3c(c1OCc1ccccc1)[C@@H](C)CC[C@@H]3[C@@H](C)C[C@H]2C=C(C)C. The molecule has 0 aromatic heterocycles. The highest BCUT2D eigenvalue weighted by molar-refractivity contribution is 6.74. The van der Waals surface area contributed by atoms with Crippen molar-refractivity contribution in [1.29, 1.82) is 0 Å². The van der Waals surface area contributed by atoms with Crippen molar-refractivity contribution in [3.05, 3.63) is 243 Å². The molecule has 2 N–H and O–H groups in total. The first-order valence-corrected chi connectivity index (χ1v) is 48.4. The van der Waals surface area contributed by atoms with Crippen LogP contribution in [0.2, 0.25) is 18.1 Å². The van der Waals surface area contributed by atoms with Crippen LogP contribution >= 0.6 is 0 Å². The number of rotatable bonds is 17. The fraction of sp³-hybridized carbons (Fsp3) is 0.541. The summed E-state index contributed by atoms with van der Waals surface area (Å²) in [6.45, 7) is 58.8. The zero-order valence-corrected chi connectivity index (χ0v) is 78.7. The molecule has 0 saturated heterocycles. The quantitative estimate of drug-likeness (QED) is 0.0688. The van der Waals surface area contributed by atoms with Crippen LogP contribution in [0, 0.1) is 51.4 Å². The third kappa shape index (κ3) is 18.2. The molecule has 8 aliphatic carbocycles. The summed E-state index contributed by atoms with van der Waals surface area (Å²) < 4.78 is 38.5.